The first-order valence-corrected chi connectivity index (χ1v) is 13.2. The van der Waals surface area contributed by atoms with E-state index in [4.69, 9.17) is 4.98 Å². The van der Waals surface area contributed by atoms with Crippen molar-refractivity contribution in [1.29, 1.82) is 0 Å². The first-order chi connectivity index (χ1) is 15.6. The Morgan fingerprint density at radius 2 is 1.81 bits per heavy atom. The molecule has 0 unspecified atom stereocenters. The Balaban J connectivity index is 1.17. The molecule has 2 aromatic heterocycles. The minimum absolute atomic E-state index is 0.108. The third-order valence-electron chi connectivity index (χ3n) is 8.43. The molecular weight excluding hydrogens is 468 g/mol. The standard InChI is InChI=1S/C24H33BrN6O/c25-19-14-27-31-21(19)28-20-5-11-26-10-4-18(20)22(31)30-15-17(16-30)23(32)29-12-8-24(9-13-29)6-2-1-3-7-24/h14,17,26H,1-13,15-16H2. The lowest BCUT2D eigenvalue weighted by molar-refractivity contribution is -0.139. The molecule has 3 aliphatic heterocycles. The number of carbonyl (C=O) groups excluding carboxylic acids is 1. The summed E-state index contributed by atoms with van der Waals surface area (Å²) < 4.78 is 2.90. The Morgan fingerprint density at radius 3 is 2.59 bits per heavy atom. The van der Waals surface area contributed by atoms with Crippen LogP contribution in [0.5, 0.6) is 0 Å². The summed E-state index contributed by atoms with van der Waals surface area (Å²) in [5.74, 6) is 1.62. The fourth-order valence-corrected chi connectivity index (χ4v) is 6.78. The third-order valence-corrected chi connectivity index (χ3v) is 8.99. The molecule has 0 atom stereocenters. The zero-order chi connectivity index (χ0) is 21.7. The average molecular weight is 501 g/mol. The fraction of sp³-hybridized carbons (Fsp3) is 0.708. The monoisotopic (exact) mass is 500 g/mol. The summed E-state index contributed by atoms with van der Waals surface area (Å²) in [5, 5.41) is 8.11. The lowest BCUT2D eigenvalue weighted by Gasteiger charge is -2.47. The summed E-state index contributed by atoms with van der Waals surface area (Å²) in [6.07, 6.45) is 13.1. The molecule has 1 aliphatic carbocycles. The minimum Gasteiger partial charge on any atom is -0.354 e. The van der Waals surface area contributed by atoms with Crippen LogP contribution in [0, 0.1) is 11.3 Å². The van der Waals surface area contributed by atoms with E-state index in [1.807, 2.05) is 10.7 Å². The van der Waals surface area contributed by atoms with Crippen molar-refractivity contribution in [3.63, 3.8) is 0 Å². The predicted molar refractivity (Wildman–Crippen MR) is 128 cm³/mol. The number of hydrogen-bond acceptors (Lipinski definition) is 5. The van der Waals surface area contributed by atoms with Gasteiger partial charge in [-0.25, -0.2) is 4.98 Å². The molecule has 2 saturated heterocycles. The molecule has 3 fully saturated rings. The van der Waals surface area contributed by atoms with E-state index in [0.717, 1.165) is 68.0 Å². The van der Waals surface area contributed by atoms with Gasteiger partial charge >= 0.3 is 0 Å². The van der Waals surface area contributed by atoms with E-state index in [1.165, 1.54) is 56.2 Å². The highest BCUT2D eigenvalue weighted by Gasteiger charge is 2.42. The maximum atomic E-state index is 13.3. The summed E-state index contributed by atoms with van der Waals surface area (Å²) in [6.45, 7) is 5.41. The largest absolute Gasteiger partial charge is 0.354 e. The molecule has 5 heterocycles. The highest BCUT2D eigenvalue weighted by Crippen LogP contribution is 2.45. The van der Waals surface area contributed by atoms with E-state index in [-0.39, 0.29) is 5.92 Å². The van der Waals surface area contributed by atoms with Crippen LogP contribution in [0.25, 0.3) is 5.65 Å². The third kappa shape index (κ3) is 3.54. The quantitative estimate of drug-likeness (QED) is 0.685. The van der Waals surface area contributed by atoms with Gasteiger partial charge in [-0.3, -0.25) is 4.79 Å². The van der Waals surface area contributed by atoms with E-state index < -0.39 is 0 Å². The summed E-state index contributed by atoms with van der Waals surface area (Å²) in [7, 11) is 0. The first-order valence-electron chi connectivity index (χ1n) is 12.4. The van der Waals surface area contributed by atoms with Crippen molar-refractivity contribution in [2.75, 3.05) is 44.2 Å². The Morgan fingerprint density at radius 1 is 1.06 bits per heavy atom. The van der Waals surface area contributed by atoms with Crippen LogP contribution in [0.3, 0.4) is 0 Å². The van der Waals surface area contributed by atoms with Crippen LogP contribution in [-0.4, -0.2) is 64.7 Å². The van der Waals surface area contributed by atoms with E-state index in [9.17, 15) is 4.79 Å². The van der Waals surface area contributed by atoms with Crippen LogP contribution in [0.4, 0.5) is 5.82 Å². The van der Waals surface area contributed by atoms with E-state index in [0.29, 0.717) is 11.3 Å². The van der Waals surface area contributed by atoms with Gasteiger partial charge < -0.3 is 15.1 Å². The summed E-state index contributed by atoms with van der Waals surface area (Å²) in [5.41, 5.74) is 3.88. The molecule has 0 radical (unpaired) electrons. The highest BCUT2D eigenvalue weighted by molar-refractivity contribution is 9.10. The number of anilines is 1. The van der Waals surface area contributed by atoms with Gasteiger partial charge in [0.05, 0.1) is 22.3 Å². The lowest BCUT2D eigenvalue weighted by atomic mass is 9.68. The molecule has 1 spiro atoms. The number of hydrogen-bond donors (Lipinski definition) is 1. The summed E-state index contributed by atoms with van der Waals surface area (Å²) in [6, 6.07) is 0. The van der Waals surface area contributed by atoms with Gasteiger partial charge in [0.25, 0.3) is 0 Å². The number of amides is 1. The Hall–Kier alpha value is -1.67. The molecule has 7 nitrogen and oxygen atoms in total. The molecule has 1 saturated carbocycles. The molecule has 8 heteroatoms. The number of nitrogens with zero attached hydrogens (tertiary/aromatic N) is 5. The second-order valence-electron chi connectivity index (χ2n) is 10.3. The Bertz CT molecular complexity index is 1010. The van der Waals surface area contributed by atoms with Crippen molar-refractivity contribution >= 4 is 33.3 Å². The van der Waals surface area contributed by atoms with Crippen LogP contribution in [-0.2, 0) is 17.6 Å². The molecule has 172 valence electrons. The molecule has 2 aromatic rings. The smallest absolute Gasteiger partial charge is 0.229 e. The molecule has 0 bridgehead atoms. The van der Waals surface area contributed by atoms with Gasteiger partial charge in [0, 0.05) is 44.7 Å². The van der Waals surface area contributed by atoms with Crippen LogP contribution < -0.4 is 10.2 Å². The number of rotatable bonds is 2. The zero-order valence-electron chi connectivity index (χ0n) is 18.8. The number of halogens is 1. The average Bonchev–Trinajstić information content (AvgIpc) is 2.99. The van der Waals surface area contributed by atoms with E-state index in [1.54, 1.807) is 0 Å². The molecule has 4 aliphatic rings. The minimum atomic E-state index is 0.108. The van der Waals surface area contributed by atoms with Gasteiger partial charge in [0.2, 0.25) is 5.91 Å². The van der Waals surface area contributed by atoms with Gasteiger partial charge in [-0.05, 0) is 60.0 Å². The molecule has 32 heavy (non-hydrogen) atoms. The van der Waals surface area contributed by atoms with Crippen LogP contribution >= 0.6 is 15.9 Å². The van der Waals surface area contributed by atoms with Crippen molar-refractivity contribution in [1.82, 2.24) is 24.8 Å². The molecule has 0 aromatic carbocycles. The Labute approximate surface area is 198 Å². The number of carbonyl (C=O) groups is 1. The van der Waals surface area contributed by atoms with Crippen LogP contribution in [0.15, 0.2) is 10.7 Å². The van der Waals surface area contributed by atoms with Gasteiger partial charge in [0.1, 0.15) is 5.82 Å². The predicted octanol–water partition coefficient (Wildman–Crippen LogP) is 3.19. The Kier molecular flexibility index (Phi) is 5.41. The molecular formula is C24H33BrN6O. The van der Waals surface area contributed by atoms with Gasteiger partial charge in [-0.1, -0.05) is 19.3 Å². The van der Waals surface area contributed by atoms with Crippen molar-refractivity contribution in [2.24, 2.45) is 11.3 Å². The summed E-state index contributed by atoms with van der Waals surface area (Å²) in [4.78, 5) is 22.7. The topological polar surface area (TPSA) is 65.8 Å². The number of piperidine rings is 1. The number of aromatic nitrogens is 3. The number of fused-ring (bicyclic) bond motifs is 2. The number of likely N-dealkylation sites (tertiary alicyclic amines) is 1. The van der Waals surface area contributed by atoms with Crippen LogP contribution in [0.2, 0.25) is 0 Å². The van der Waals surface area contributed by atoms with Crippen molar-refractivity contribution in [2.45, 2.75) is 57.8 Å². The maximum Gasteiger partial charge on any atom is 0.229 e. The van der Waals surface area contributed by atoms with Gasteiger partial charge in [-0.15, -0.1) is 0 Å². The van der Waals surface area contributed by atoms with E-state index >= 15 is 0 Å². The van der Waals surface area contributed by atoms with Gasteiger partial charge in [0.15, 0.2) is 5.65 Å². The fourth-order valence-electron chi connectivity index (χ4n) is 6.43. The zero-order valence-corrected chi connectivity index (χ0v) is 20.4. The van der Waals surface area contributed by atoms with Crippen molar-refractivity contribution < 1.29 is 4.79 Å². The van der Waals surface area contributed by atoms with Crippen LogP contribution in [0.1, 0.15) is 56.2 Å². The lowest BCUT2D eigenvalue weighted by Crippen LogP contribution is -2.57. The van der Waals surface area contributed by atoms with Crippen molar-refractivity contribution in [3.05, 3.63) is 21.9 Å². The second-order valence-corrected chi connectivity index (χ2v) is 11.2. The normalized spacial score (nSPS) is 23.8. The first kappa shape index (κ1) is 20.9. The molecule has 1 N–H and O–H groups in total. The molecule has 6 rings (SSSR count). The highest BCUT2D eigenvalue weighted by atomic mass is 79.9. The molecule has 1 amide bonds. The van der Waals surface area contributed by atoms with Gasteiger partial charge in [-0.2, -0.15) is 9.61 Å². The van der Waals surface area contributed by atoms with E-state index in [2.05, 4.69) is 36.1 Å². The SMILES string of the molecule is O=C(C1CN(c2c3c(nc4c(Br)cnn24)CCNCC3)C1)N1CCC2(CCCCC2)CC1. The number of nitrogens with one attached hydrogen (secondary N) is 1. The second kappa shape index (κ2) is 8.28. The maximum absolute atomic E-state index is 13.3. The summed E-state index contributed by atoms with van der Waals surface area (Å²) >= 11 is 3.61. The van der Waals surface area contributed by atoms with Crippen molar-refractivity contribution in [3.8, 4) is 0 Å².